The van der Waals surface area contributed by atoms with Crippen LogP contribution in [0.4, 0.5) is 0 Å². The Morgan fingerprint density at radius 1 is 1.20 bits per heavy atom. The van der Waals surface area contributed by atoms with Crippen LogP contribution < -0.4 is 0 Å². The second-order valence-corrected chi connectivity index (χ2v) is 5.62. The molecule has 110 valence electrons. The van der Waals surface area contributed by atoms with Crippen molar-refractivity contribution in [2.75, 3.05) is 6.61 Å². The highest BCUT2D eigenvalue weighted by Crippen LogP contribution is 2.30. The number of Topliss-reactive ketones (excluding diaryl/α,β-unsaturated/α-hetero) is 1. The smallest absolute Gasteiger partial charge is 0.163 e. The summed E-state index contributed by atoms with van der Waals surface area (Å²) in [6.07, 6.45) is -0.0566. The third kappa shape index (κ3) is 4.40. The maximum atomic E-state index is 11.3. The zero-order chi connectivity index (χ0) is 14.6. The molecule has 1 aliphatic rings. The lowest BCUT2D eigenvalue weighted by molar-refractivity contribution is -0.152. The number of ether oxygens (including phenoxy) is 3. The van der Waals surface area contributed by atoms with Gasteiger partial charge in [0.05, 0.1) is 19.3 Å². The van der Waals surface area contributed by atoms with Gasteiger partial charge >= 0.3 is 0 Å². The van der Waals surface area contributed by atoms with Crippen molar-refractivity contribution < 1.29 is 19.0 Å². The zero-order valence-electron chi connectivity index (χ0n) is 12.3. The molecular formula is C16H22O4. The van der Waals surface area contributed by atoms with Crippen LogP contribution in [0.25, 0.3) is 0 Å². The third-order valence-corrected chi connectivity index (χ3v) is 3.17. The van der Waals surface area contributed by atoms with Crippen LogP contribution in [0.1, 0.15) is 32.8 Å². The van der Waals surface area contributed by atoms with Crippen molar-refractivity contribution in [1.29, 1.82) is 0 Å². The first kappa shape index (κ1) is 15.2. The molecule has 0 bridgehead atoms. The number of benzene rings is 1. The molecule has 4 heteroatoms. The summed E-state index contributed by atoms with van der Waals surface area (Å²) >= 11 is 0. The van der Waals surface area contributed by atoms with Crippen LogP contribution in [-0.4, -0.2) is 30.4 Å². The standard InChI is InChI=1S/C16H22O4/c1-12(17)9-14-15(20-16(2,3)19-14)11-18-10-13-7-5-4-6-8-13/h4-8,14-15H,9-11H2,1-3H3/t14-,15-/m1/s1. The van der Waals surface area contributed by atoms with Crippen LogP contribution in [0.3, 0.4) is 0 Å². The van der Waals surface area contributed by atoms with Gasteiger partial charge in [0.15, 0.2) is 5.79 Å². The van der Waals surface area contributed by atoms with Gasteiger partial charge in [0.25, 0.3) is 0 Å². The Bertz CT molecular complexity index is 441. The van der Waals surface area contributed by atoms with E-state index in [1.54, 1.807) is 6.92 Å². The van der Waals surface area contributed by atoms with Crippen LogP contribution in [0.15, 0.2) is 30.3 Å². The molecule has 0 amide bonds. The van der Waals surface area contributed by atoms with Crippen molar-refractivity contribution in [2.24, 2.45) is 0 Å². The lowest BCUT2D eigenvalue weighted by Gasteiger charge is -2.16. The molecular weight excluding hydrogens is 256 g/mol. The molecule has 2 atom stereocenters. The van der Waals surface area contributed by atoms with Crippen LogP contribution in [0, 0.1) is 0 Å². The summed E-state index contributed by atoms with van der Waals surface area (Å²) in [6.45, 7) is 6.25. The predicted molar refractivity (Wildman–Crippen MR) is 75.2 cm³/mol. The lowest BCUT2D eigenvalue weighted by Crippen LogP contribution is -2.29. The number of ketones is 1. The van der Waals surface area contributed by atoms with Gasteiger partial charge in [-0.1, -0.05) is 30.3 Å². The summed E-state index contributed by atoms with van der Waals surface area (Å²) in [5.41, 5.74) is 1.12. The molecule has 0 aliphatic carbocycles. The van der Waals surface area contributed by atoms with E-state index in [1.165, 1.54) is 0 Å². The number of carbonyl (C=O) groups excluding carboxylic acids is 1. The van der Waals surface area contributed by atoms with Crippen LogP contribution in [0.2, 0.25) is 0 Å². The fourth-order valence-electron chi connectivity index (χ4n) is 2.37. The van der Waals surface area contributed by atoms with E-state index in [2.05, 4.69) is 0 Å². The molecule has 0 N–H and O–H groups in total. The highest BCUT2D eigenvalue weighted by molar-refractivity contribution is 5.76. The molecule has 2 rings (SSSR count). The number of hydrogen-bond donors (Lipinski definition) is 0. The van der Waals surface area contributed by atoms with E-state index >= 15 is 0 Å². The molecule has 0 aromatic heterocycles. The van der Waals surface area contributed by atoms with Gasteiger partial charge in [0, 0.05) is 6.42 Å². The lowest BCUT2D eigenvalue weighted by atomic mass is 10.1. The van der Waals surface area contributed by atoms with Gasteiger partial charge in [0.2, 0.25) is 0 Å². The number of carbonyl (C=O) groups is 1. The van der Waals surface area contributed by atoms with Gasteiger partial charge in [-0.2, -0.15) is 0 Å². The van der Waals surface area contributed by atoms with Crippen molar-refractivity contribution in [3.63, 3.8) is 0 Å². The Labute approximate surface area is 120 Å². The molecule has 4 nitrogen and oxygen atoms in total. The van der Waals surface area contributed by atoms with Crippen molar-refractivity contribution in [3.05, 3.63) is 35.9 Å². The Morgan fingerprint density at radius 3 is 2.50 bits per heavy atom. The maximum Gasteiger partial charge on any atom is 0.163 e. The van der Waals surface area contributed by atoms with E-state index < -0.39 is 5.79 Å². The largest absolute Gasteiger partial charge is 0.374 e. The minimum absolute atomic E-state index is 0.101. The minimum Gasteiger partial charge on any atom is -0.374 e. The first-order chi connectivity index (χ1) is 9.46. The fraction of sp³-hybridized carbons (Fsp3) is 0.562. The second-order valence-electron chi connectivity index (χ2n) is 5.62. The third-order valence-electron chi connectivity index (χ3n) is 3.17. The molecule has 1 aliphatic heterocycles. The minimum atomic E-state index is -0.652. The molecule has 1 fully saturated rings. The highest BCUT2D eigenvalue weighted by atomic mass is 16.8. The summed E-state index contributed by atoms with van der Waals surface area (Å²) in [5, 5.41) is 0. The van der Waals surface area contributed by atoms with Crippen LogP contribution in [-0.2, 0) is 25.6 Å². The molecule has 1 saturated heterocycles. The monoisotopic (exact) mass is 278 g/mol. The van der Waals surface area contributed by atoms with Crippen molar-refractivity contribution in [2.45, 2.75) is 51.8 Å². The molecule has 0 saturated carbocycles. The number of rotatable bonds is 6. The molecule has 1 heterocycles. The first-order valence-corrected chi connectivity index (χ1v) is 6.93. The van der Waals surface area contributed by atoms with E-state index in [4.69, 9.17) is 14.2 Å². The Morgan fingerprint density at radius 2 is 1.85 bits per heavy atom. The Hall–Kier alpha value is -1.23. The Balaban J connectivity index is 1.85. The van der Waals surface area contributed by atoms with Crippen molar-refractivity contribution >= 4 is 5.78 Å². The van der Waals surface area contributed by atoms with Gasteiger partial charge < -0.3 is 14.2 Å². The topological polar surface area (TPSA) is 44.8 Å². The zero-order valence-corrected chi connectivity index (χ0v) is 12.3. The molecule has 1 aromatic carbocycles. The van der Waals surface area contributed by atoms with Crippen LogP contribution >= 0.6 is 0 Å². The van der Waals surface area contributed by atoms with E-state index in [9.17, 15) is 4.79 Å². The SMILES string of the molecule is CC(=O)C[C@H]1OC(C)(C)O[C@@H]1COCc1ccccc1. The summed E-state index contributed by atoms with van der Waals surface area (Å²) < 4.78 is 17.2. The number of hydrogen-bond acceptors (Lipinski definition) is 4. The molecule has 0 unspecified atom stereocenters. The van der Waals surface area contributed by atoms with Gasteiger partial charge in [-0.25, -0.2) is 0 Å². The summed E-state index contributed by atoms with van der Waals surface area (Å²) in [4.78, 5) is 11.3. The van der Waals surface area contributed by atoms with Gasteiger partial charge in [-0.15, -0.1) is 0 Å². The predicted octanol–water partition coefficient (Wildman–Crippen LogP) is 2.70. The van der Waals surface area contributed by atoms with Gasteiger partial charge in [-0.3, -0.25) is 4.79 Å². The normalized spacial score (nSPS) is 24.8. The van der Waals surface area contributed by atoms with E-state index in [1.807, 2.05) is 44.2 Å². The fourth-order valence-corrected chi connectivity index (χ4v) is 2.37. The summed E-state index contributed by atoms with van der Waals surface area (Å²) in [7, 11) is 0. The summed E-state index contributed by atoms with van der Waals surface area (Å²) in [6, 6.07) is 9.97. The van der Waals surface area contributed by atoms with Crippen molar-refractivity contribution in [3.8, 4) is 0 Å². The molecule has 1 aromatic rings. The molecule has 0 spiro atoms. The average Bonchev–Trinajstić information content (AvgIpc) is 2.64. The molecule has 20 heavy (non-hydrogen) atoms. The highest BCUT2D eigenvalue weighted by Gasteiger charge is 2.41. The Kier molecular flexibility index (Phi) is 4.91. The molecule has 0 radical (unpaired) electrons. The summed E-state index contributed by atoms with van der Waals surface area (Å²) in [5.74, 6) is -0.551. The van der Waals surface area contributed by atoms with E-state index in [0.29, 0.717) is 19.6 Å². The second kappa shape index (κ2) is 6.48. The van der Waals surface area contributed by atoms with Gasteiger partial charge in [-0.05, 0) is 26.3 Å². The first-order valence-electron chi connectivity index (χ1n) is 6.93. The van der Waals surface area contributed by atoms with E-state index in [-0.39, 0.29) is 18.0 Å². The quantitative estimate of drug-likeness (QED) is 0.802. The van der Waals surface area contributed by atoms with Gasteiger partial charge in [0.1, 0.15) is 11.9 Å². The average molecular weight is 278 g/mol. The van der Waals surface area contributed by atoms with Crippen molar-refractivity contribution in [1.82, 2.24) is 0 Å². The maximum absolute atomic E-state index is 11.3. The van der Waals surface area contributed by atoms with Crippen LogP contribution in [0.5, 0.6) is 0 Å². The van der Waals surface area contributed by atoms with E-state index in [0.717, 1.165) is 5.56 Å².